The van der Waals surface area contributed by atoms with E-state index in [1.54, 1.807) is 0 Å². The van der Waals surface area contributed by atoms with E-state index < -0.39 is 0 Å². The zero-order valence-corrected chi connectivity index (χ0v) is 9.41. The van der Waals surface area contributed by atoms with E-state index in [9.17, 15) is 0 Å². The summed E-state index contributed by atoms with van der Waals surface area (Å²) >= 11 is 0. The molecule has 0 amide bonds. The van der Waals surface area contributed by atoms with Crippen molar-refractivity contribution in [1.82, 2.24) is 9.91 Å². The SMILES string of the molecule is CCN1C=NN(C)C1CC(C)(C)C. The molecule has 0 aromatic rings. The number of rotatable bonds is 2. The molecule has 0 radical (unpaired) electrons. The van der Waals surface area contributed by atoms with Crippen LogP contribution in [0.3, 0.4) is 0 Å². The molecule has 0 saturated carbocycles. The second-order valence-corrected chi connectivity index (χ2v) is 4.88. The van der Waals surface area contributed by atoms with E-state index in [4.69, 9.17) is 0 Å². The monoisotopic (exact) mass is 183 g/mol. The van der Waals surface area contributed by atoms with Gasteiger partial charge in [0.25, 0.3) is 0 Å². The number of hydrazone groups is 1. The first kappa shape index (κ1) is 10.4. The summed E-state index contributed by atoms with van der Waals surface area (Å²) in [5.74, 6) is 0. The van der Waals surface area contributed by atoms with Crippen LogP contribution >= 0.6 is 0 Å². The molecule has 76 valence electrons. The van der Waals surface area contributed by atoms with E-state index in [0.29, 0.717) is 11.6 Å². The van der Waals surface area contributed by atoms with Gasteiger partial charge < -0.3 is 4.90 Å². The van der Waals surface area contributed by atoms with Crippen molar-refractivity contribution in [2.24, 2.45) is 10.5 Å². The zero-order chi connectivity index (χ0) is 10.1. The van der Waals surface area contributed by atoms with Gasteiger partial charge in [-0.05, 0) is 18.8 Å². The highest BCUT2D eigenvalue weighted by Crippen LogP contribution is 2.26. The minimum absolute atomic E-state index is 0.361. The first-order chi connectivity index (χ1) is 5.94. The molecular weight excluding hydrogens is 162 g/mol. The Balaban J connectivity index is 2.58. The summed E-state index contributed by atoms with van der Waals surface area (Å²) in [6.45, 7) is 10.0. The summed E-state index contributed by atoms with van der Waals surface area (Å²) in [6.07, 6.45) is 3.54. The minimum Gasteiger partial charge on any atom is -0.340 e. The summed E-state index contributed by atoms with van der Waals surface area (Å²) in [6, 6.07) is 0. The quantitative estimate of drug-likeness (QED) is 0.651. The summed E-state index contributed by atoms with van der Waals surface area (Å²) in [4.78, 5) is 2.28. The predicted octanol–water partition coefficient (Wildman–Crippen LogP) is 1.96. The molecule has 3 heteroatoms. The Bertz CT molecular complexity index is 193. The van der Waals surface area contributed by atoms with Crippen LogP contribution in [0.2, 0.25) is 0 Å². The van der Waals surface area contributed by atoms with Crippen LogP contribution in [-0.2, 0) is 0 Å². The van der Waals surface area contributed by atoms with Gasteiger partial charge in [-0.25, -0.2) is 0 Å². The molecule has 1 rings (SSSR count). The third-order valence-electron chi connectivity index (χ3n) is 2.36. The Labute approximate surface area is 81.4 Å². The maximum absolute atomic E-state index is 4.29. The third kappa shape index (κ3) is 2.61. The number of hydrogen-bond acceptors (Lipinski definition) is 3. The van der Waals surface area contributed by atoms with Crippen molar-refractivity contribution in [3.8, 4) is 0 Å². The van der Waals surface area contributed by atoms with Crippen molar-refractivity contribution in [1.29, 1.82) is 0 Å². The van der Waals surface area contributed by atoms with Crippen molar-refractivity contribution in [3.63, 3.8) is 0 Å². The molecule has 0 aliphatic carbocycles. The Morgan fingerprint density at radius 2 is 2.00 bits per heavy atom. The molecule has 0 bridgehead atoms. The number of hydrogen-bond donors (Lipinski definition) is 0. The normalized spacial score (nSPS) is 23.0. The average Bonchev–Trinajstić information content (AvgIpc) is 2.30. The molecule has 0 aromatic heterocycles. The van der Waals surface area contributed by atoms with Crippen LogP contribution in [0.4, 0.5) is 0 Å². The average molecular weight is 183 g/mol. The molecular formula is C10H21N3. The van der Waals surface area contributed by atoms with Gasteiger partial charge in [0.2, 0.25) is 0 Å². The lowest BCUT2D eigenvalue weighted by atomic mass is 9.90. The molecule has 13 heavy (non-hydrogen) atoms. The van der Waals surface area contributed by atoms with Gasteiger partial charge in [0.05, 0.1) is 0 Å². The van der Waals surface area contributed by atoms with Crippen LogP contribution in [0.5, 0.6) is 0 Å². The highest BCUT2D eigenvalue weighted by molar-refractivity contribution is 5.56. The Morgan fingerprint density at radius 1 is 1.38 bits per heavy atom. The lowest BCUT2D eigenvalue weighted by molar-refractivity contribution is 0.114. The van der Waals surface area contributed by atoms with Gasteiger partial charge in [-0.2, -0.15) is 5.10 Å². The molecule has 0 N–H and O–H groups in total. The first-order valence-corrected chi connectivity index (χ1v) is 4.97. The van der Waals surface area contributed by atoms with Gasteiger partial charge in [-0.15, -0.1) is 0 Å². The smallest absolute Gasteiger partial charge is 0.119 e. The van der Waals surface area contributed by atoms with Gasteiger partial charge in [0.15, 0.2) is 0 Å². The van der Waals surface area contributed by atoms with Crippen molar-refractivity contribution >= 4 is 6.34 Å². The summed E-state index contributed by atoms with van der Waals surface area (Å²) in [5.41, 5.74) is 0.361. The van der Waals surface area contributed by atoms with E-state index in [0.717, 1.165) is 13.0 Å². The van der Waals surface area contributed by atoms with Crippen LogP contribution < -0.4 is 0 Å². The summed E-state index contributed by atoms with van der Waals surface area (Å²) < 4.78 is 0. The lowest BCUT2D eigenvalue weighted by Crippen LogP contribution is -2.40. The largest absolute Gasteiger partial charge is 0.340 e. The van der Waals surface area contributed by atoms with Crippen molar-refractivity contribution in [2.75, 3.05) is 13.6 Å². The first-order valence-electron chi connectivity index (χ1n) is 4.97. The van der Waals surface area contributed by atoms with E-state index in [-0.39, 0.29) is 0 Å². The van der Waals surface area contributed by atoms with Crippen LogP contribution in [0.15, 0.2) is 5.10 Å². The zero-order valence-electron chi connectivity index (χ0n) is 9.41. The summed E-state index contributed by atoms with van der Waals surface area (Å²) in [7, 11) is 2.04. The maximum atomic E-state index is 4.29. The molecule has 0 saturated heterocycles. The van der Waals surface area contributed by atoms with Crippen LogP contribution in [-0.4, -0.2) is 36.0 Å². The van der Waals surface area contributed by atoms with Gasteiger partial charge in [0, 0.05) is 13.6 Å². The molecule has 1 aliphatic heterocycles. The fraction of sp³-hybridized carbons (Fsp3) is 0.900. The molecule has 1 heterocycles. The van der Waals surface area contributed by atoms with E-state index in [1.807, 2.05) is 13.4 Å². The Morgan fingerprint density at radius 3 is 2.46 bits per heavy atom. The van der Waals surface area contributed by atoms with Crippen LogP contribution in [0.1, 0.15) is 34.1 Å². The highest BCUT2D eigenvalue weighted by Gasteiger charge is 2.28. The van der Waals surface area contributed by atoms with Gasteiger partial charge in [-0.3, -0.25) is 5.01 Å². The second kappa shape index (κ2) is 3.56. The van der Waals surface area contributed by atoms with Crippen molar-refractivity contribution in [3.05, 3.63) is 0 Å². The Kier molecular flexibility index (Phi) is 2.84. The second-order valence-electron chi connectivity index (χ2n) is 4.88. The molecule has 0 spiro atoms. The molecule has 0 fully saturated rings. The van der Waals surface area contributed by atoms with Crippen molar-refractivity contribution < 1.29 is 0 Å². The predicted molar refractivity (Wildman–Crippen MR) is 56.5 cm³/mol. The fourth-order valence-electron chi connectivity index (χ4n) is 1.61. The van der Waals surface area contributed by atoms with Crippen LogP contribution in [0.25, 0.3) is 0 Å². The van der Waals surface area contributed by atoms with E-state index in [2.05, 4.69) is 42.7 Å². The van der Waals surface area contributed by atoms with Crippen LogP contribution in [0, 0.1) is 5.41 Å². The van der Waals surface area contributed by atoms with Crippen molar-refractivity contribution in [2.45, 2.75) is 40.3 Å². The minimum atomic E-state index is 0.361. The molecule has 1 unspecified atom stereocenters. The van der Waals surface area contributed by atoms with Gasteiger partial charge in [0.1, 0.15) is 12.5 Å². The van der Waals surface area contributed by atoms with E-state index >= 15 is 0 Å². The topological polar surface area (TPSA) is 18.8 Å². The standard InChI is InChI=1S/C10H21N3/c1-6-13-8-11-12(5)9(13)7-10(2,3)4/h8-9H,6-7H2,1-5H3. The van der Waals surface area contributed by atoms with Gasteiger partial charge in [-0.1, -0.05) is 20.8 Å². The van der Waals surface area contributed by atoms with E-state index in [1.165, 1.54) is 0 Å². The lowest BCUT2D eigenvalue weighted by Gasteiger charge is -2.32. The molecule has 0 aromatic carbocycles. The van der Waals surface area contributed by atoms with Gasteiger partial charge >= 0.3 is 0 Å². The molecule has 1 aliphatic rings. The maximum Gasteiger partial charge on any atom is 0.119 e. The molecule has 1 atom stereocenters. The third-order valence-corrected chi connectivity index (χ3v) is 2.36. The summed E-state index contributed by atoms with van der Waals surface area (Å²) in [5, 5.41) is 6.34. The highest BCUT2D eigenvalue weighted by atomic mass is 15.6. The fourth-order valence-corrected chi connectivity index (χ4v) is 1.61. The number of nitrogens with zero attached hydrogens (tertiary/aromatic N) is 3. The Hall–Kier alpha value is -0.730. The molecule has 3 nitrogen and oxygen atoms in total.